The lowest BCUT2D eigenvalue weighted by Gasteiger charge is -2.26. The third-order valence-electron chi connectivity index (χ3n) is 5.32. The van der Waals surface area contributed by atoms with Crippen LogP contribution in [0.3, 0.4) is 0 Å². The van der Waals surface area contributed by atoms with Crippen molar-refractivity contribution in [1.29, 1.82) is 0 Å². The van der Waals surface area contributed by atoms with E-state index in [-0.39, 0.29) is 34.4 Å². The van der Waals surface area contributed by atoms with Crippen LogP contribution in [0, 0.1) is 0 Å². The lowest BCUT2D eigenvalue weighted by Crippen LogP contribution is -2.54. The fraction of sp³-hybridized carbons (Fsp3) is 0.115. The minimum Gasteiger partial charge on any atom is -0.497 e. The molecule has 1 N–H and O–H groups in total. The molecule has 0 unspecified atom stereocenters. The molecule has 0 spiro atoms. The first-order valence-corrected chi connectivity index (χ1v) is 11.4. The largest absolute Gasteiger partial charge is 0.497 e. The summed E-state index contributed by atoms with van der Waals surface area (Å²) in [6.07, 6.45) is 1.33. The fourth-order valence-electron chi connectivity index (χ4n) is 3.52. The molecule has 36 heavy (non-hydrogen) atoms. The Balaban J connectivity index is 1.64. The summed E-state index contributed by atoms with van der Waals surface area (Å²) in [6, 6.07) is 15.7. The number of nitrogens with one attached hydrogen (secondary N) is 1. The van der Waals surface area contributed by atoms with E-state index in [0.717, 1.165) is 10.5 Å². The molecule has 0 aliphatic carbocycles. The van der Waals surface area contributed by atoms with Crippen molar-refractivity contribution in [3.05, 3.63) is 87.4 Å². The van der Waals surface area contributed by atoms with Crippen LogP contribution in [-0.2, 0) is 16.2 Å². The molecule has 1 saturated heterocycles. The zero-order chi connectivity index (χ0) is 25.8. The molecular weight excluding hydrogens is 507 g/mol. The third-order valence-corrected chi connectivity index (χ3v) is 5.97. The molecule has 3 aromatic rings. The lowest BCUT2D eigenvalue weighted by molar-refractivity contribution is -0.122. The molecule has 4 amide bonds. The van der Waals surface area contributed by atoms with Crippen LogP contribution in [0.1, 0.15) is 11.1 Å². The van der Waals surface area contributed by atoms with Crippen molar-refractivity contribution in [3.8, 4) is 17.2 Å². The summed E-state index contributed by atoms with van der Waals surface area (Å²) in [6.45, 7) is 0.149. The van der Waals surface area contributed by atoms with E-state index in [2.05, 4.69) is 5.32 Å². The van der Waals surface area contributed by atoms with Crippen LogP contribution in [-0.4, -0.2) is 32.1 Å². The van der Waals surface area contributed by atoms with Gasteiger partial charge < -0.3 is 14.2 Å². The van der Waals surface area contributed by atoms with Crippen molar-refractivity contribution in [2.75, 3.05) is 19.1 Å². The van der Waals surface area contributed by atoms with Crippen LogP contribution in [0.2, 0.25) is 10.0 Å². The van der Waals surface area contributed by atoms with E-state index in [1.54, 1.807) is 24.3 Å². The zero-order valence-corrected chi connectivity index (χ0v) is 20.7. The minimum absolute atomic E-state index is 0.149. The number of ether oxygens (including phenoxy) is 3. The first-order chi connectivity index (χ1) is 17.3. The number of hydrogen-bond acceptors (Lipinski definition) is 6. The Morgan fingerprint density at radius 3 is 2.31 bits per heavy atom. The van der Waals surface area contributed by atoms with Gasteiger partial charge in [0, 0.05) is 10.6 Å². The van der Waals surface area contributed by atoms with Crippen molar-refractivity contribution < 1.29 is 28.6 Å². The molecular formula is C26H20Cl2N2O6. The summed E-state index contributed by atoms with van der Waals surface area (Å²) >= 11 is 12.6. The number of rotatable bonds is 7. The van der Waals surface area contributed by atoms with Gasteiger partial charge in [-0.3, -0.25) is 14.9 Å². The highest BCUT2D eigenvalue weighted by molar-refractivity contribution is 6.39. The first-order valence-electron chi connectivity index (χ1n) is 10.6. The standard InChI is InChI=1S/C26H20Cl2N2O6/c1-34-18-9-7-17(8-10-18)30-25(32)19(24(31)29-26(30)33)11-15-12-21(28)23(22(13-15)35-2)36-14-16-5-3-4-6-20(16)27/h3-13H,14H2,1-2H3,(H,29,31,33). The second kappa shape index (κ2) is 10.7. The Kier molecular flexibility index (Phi) is 7.47. The Hall–Kier alpha value is -4.01. The molecule has 4 rings (SSSR count). The molecule has 0 aromatic heterocycles. The van der Waals surface area contributed by atoms with E-state index in [1.165, 1.54) is 38.5 Å². The number of benzene rings is 3. The van der Waals surface area contributed by atoms with Gasteiger partial charge in [0.05, 0.1) is 24.9 Å². The zero-order valence-electron chi connectivity index (χ0n) is 19.2. The van der Waals surface area contributed by atoms with Crippen LogP contribution < -0.4 is 24.4 Å². The number of amides is 4. The molecule has 10 heteroatoms. The number of hydrogen-bond donors (Lipinski definition) is 1. The quantitative estimate of drug-likeness (QED) is 0.333. The number of anilines is 1. The summed E-state index contributed by atoms with van der Waals surface area (Å²) in [4.78, 5) is 39.0. The fourth-order valence-corrected chi connectivity index (χ4v) is 3.98. The average molecular weight is 527 g/mol. The molecule has 184 valence electrons. The van der Waals surface area contributed by atoms with Gasteiger partial charge in [0.2, 0.25) is 0 Å². The summed E-state index contributed by atoms with van der Waals surface area (Å²) in [7, 11) is 2.94. The van der Waals surface area contributed by atoms with Crippen LogP contribution >= 0.6 is 23.2 Å². The van der Waals surface area contributed by atoms with Gasteiger partial charge in [-0.2, -0.15) is 0 Å². The van der Waals surface area contributed by atoms with Crippen molar-refractivity contribution in [2.45, 2.75) is 6.61 Å². The van der Waals surface area contributed by atoms with Gasteiger partial charge in [-0.15, -0.1) is 0 Å². The highest BCUT2D eigenvalue weighted by Gasteiger charge is 2.37. The predicted molar refractivity (Wildman–Crippen MR) is 136 cm³/mol. The topological polar surface area (TPSA) is 94.2 Å². The van der Waals surface area contributed by atoms with E-state index in [0.29, 0.717) is 16.3 Å². The van der Waals surface area contributed by atoms with E-state index < -0.39 is 17.8 Å². The highest BCUT2D eigenvalue weighted by Crippen LogP contribution is 2.38. The Morgan fingerprint density at radius 1 is 0.917 bits per heavy atom. The minimum atomic E-state index is -0.855. The maximum atomic E-state index is 13.1. The van der Waals surface area contributed by atoms with Crippen LogP contribution in [0.4, 0.5) is 10.5 Å². The number of urea groups is 1. The molecule has 0 atom stereocenters. The number of methoxy groups -OCH3 is 2. The van der Waals surface area contributed by atoms with Gasteiger partial charge in [0.1, 0.15) is 17.9 Å². The number of carbonyl (C=O) groups is 3. The summed E-state index contributed by atoms with van der Waals surface area (Å²) in [5.74, 6) is -0.509. The Morgan fingerprint density at radius 2 is 1.64 bits per heavy atom. The Bertz CT molecular complexity index is 1370. The first kappa shape index (κ1) is 25.1. The Labute approximate surface area is 217 Å². The molecule has 3 aromatic carbocycles. The second-order valence-electron chi connectivity index (χ2n) is 7.57. The van der Waals surface area contributed by atoms with Crippen molar-refractivity contribution >= 4 is 52.8 Å². The van der Waals surface area contributed by atoms with E-state index >= 15 is 0 Å². The van der Waals surface area contributed by atoms with Crippen LogP contribution in [0.5, 0.6) is 17.2 Å². The van der Waals surface area contributed by atoms with Gasteiger partial charge >= 0.3 is 6.03 Å². The van der Waals surface area contributed by atoms with E-state index in [9.17, 15) is 14.4 Å². The maximum absolute atomic E-state index is 13.1. The number of carbonyl (C=O) groups excluding carboxylic acids is 3. The smallest absolute Gasteiger partial charge is 0.335 e. The molecule has 1 aliphatic heterocycles. The predicted octanol–water partition coefficient (Wildman–Crippen LogP) is 5.26. The van der Waals surface area contributed by atoms with E-state index in [1.807, 2.05) is 18.2 Å². The molecule has 8 nitrogen and oxygen atoms in total. The number of halogens is 2. The monoisotopic (exact) mass is 526 g/mol. The summed E-state index contributed by atoms with van der Waals surface area (Å²) in [5, 5.41) is 2.92. The van der Waals surface area contributed by atoms with Gasteiger partial charge in [0.15, 0.2) is 11.5 Å². The molecule has 1 fully saturated rings. The number of barbiturate groups is 1. The van der Waals surface area contributed by atoms with Crippen LogP contribution in [0.15, 0.2) is 66.2 Å². The van der Waals surface area contributed by atoms with Gasteiger partial charge in [-0.1, -0.05) is 41.4 Å². The third kappa shape index (κ3) is 5.15. The molecule has 0 radical (unpaired) electrons. The van der Waals surface area contributed by atoms with Gasteiger partial charge in [-0.05, 0) is 54.1 Å². The molecule has 0 bridgehead atoms. The number of imide groups is 2. The average Bonchev–Trinajstić information content (AvgIpc) is 2.86. The van der Waals surface area contributed by atoms with E-state index in [4.69, 9.17) is 37.4 Å². The lowest BCUT2D eigenvalue weighted by atomic mass is 10.1. The maximum Gasteiger partial charge on any atom is 0.335 e. The normalized spacial score (nSPS) is 14.6. The molecule has 1 heterocycles. The van der Waals surface area contributed by atoms with Gasteiger partial charge in [-0.25, -0.2) is 9.69 Å². The second-order valence-corrected chi connectivity index (χ2v) is 8.38. The van der Waals surface area contributed by atoms with Crippen molar-refractivity contribution in [1.82, 2.24) is 5.32 Å². The van der Waals surface area contributed by atoms with Crippen LogP contribution in [0.25, 0.3) is 6.08 Å². The SMILES string of the molecule is COc1ccc(N2C(=O)NC(=O)C(=Cc3cc(Cl)c(OCc4ccccc4Cl)c(OC)c3)C2=O)cc1. The van der Waals surface area contributed by atoms with Gasteiger partial charge in [0.25, 0.3) is 11.8 Å². The van der Waals surface area contributed by atoms with Crippen molar-refractivity contribution in [3.63, 3.8) is 0 Å². The molecule has 0 saturated carbocycles. The number of nitrogens with zero attached hydrogens (tertiary/aromatic N) is 1. The summed E-state index contributed by atoms with van der Waals surface area (Å²) in [5.41, 5.74) is 1.17. The highest BCUT2D eigenvalue weighted by atomic mass is 35.5. The molecule has 1 aliphatic rings. The summed E-state index contributed by atoms with van der Waals surface area (Å²) < 4.78 is 16.4. The van der Waals surface area contributed by atoms with Crippen molar-refractivity contribution in [2.24, 2.45) is 0 Å².